The minimum Gasteiger partial charge on any atom is -0.459 e. The first-order valence-corrected chi connectivity index (χ1v) is 31.5. The summed E-state index contributed by atoms with van der Waals surface area (Å²) in [4.78, 5) is 49.7. The van der Waals surface area contributed by atoms with E-state index < -0.39 is 56.4 Å². The normalized spacial score (nSPS) is 32.7. The van der Waals surface area contributed by atoms with E-state index in [1.54, 1.807) is 0 Å². The summed E-state index contributed by atoms with van der Waals surface area (Å²) >= 11 is 1.88. The molecule has 15 atom stereocenters. The van der Waals surface area contributed by atoms with Gasteiger partial charge in [-0.3, -0.25) is 23.5 Å². The summed E-state index contributed by atoms with van der Waals surface area (Å²) in [6.07, 6.45) is 7.63. The standard InChI is InChI=1S/C51H88N4O18S3/c1-33(31-71-75(61,62)63)8-7-9-34(2)35-12-13-36-46-37(14-18-50(35,36)3)51(4)19-15-41(73-76(64,65)66)48(38(51)30-40(46)56)72-45(59)16-20-52-44(58)17-22-67-24-26-69-28-29-70-27-25-68-23-21-53-43(57)11-6-5-10-42-47-39(32-74-42)54-49(60)55-47/h33-42,46-48,56H,5-32H2,1-4H3,(H,52,58)(H,53,57)(H2,54,55,60)(H,61,62,63)(H,64,65,66)/t33-,34+,35+,36-,37-,38-,39-,40+,41+,42-,46-,47-,48+,50+,51+/m0/s1. The Kier molecular flexibility index (Phi) is 24.2. The second kappa shape index (κ2) is 29.3. The quantitative estimate of drug-likeness (QED) is 0.0203. The summed E-state index contributed by atoms with van der Waals surface area (Å²) in [5, 5.41) is 24.0. The van der Waals surface area contributed by atoms with Gasteiger partial charge in [0.25, 0.3) is 0 Å². The van der Waals surface area contributed by atoms with Gasteiger partial charge in [0.1, 0.15) is 12.2 Å². The summed E-state index contributed by atoms with van der Waals surface area (Å²) < 4.78 is 103. The third kappa shape index (κ3) is 18.3. The fraction of sp³-hybridized carbons (Fsp3) is 0.922. The van der Waals surface area contributed by atoms with E-state index in [4.69, 9.17) is 32.4 Å². The van der Waals surface area contributed by atoms with E-state index in [0.29, 0.717) is 76.1 Å². The number of nitrogens with one attached hydrogen (secondary N) is 4. The van der Waals surface area contributed by atoms with Crippen LogP contribution < -0.4 is 21.3 Å². The Morgan fingerprint density at radius 3 is 2.08 bits per heavy atom. The predicted octanol–water partition coefficient (Wildman–Crippen LogP) is 4.39. The number of urea groups is 1. The molecular weight excluding hydrogens is 1050 g/mol. The molecule has 25 heteroatoms. The molecule has 4 saturated carbocycles. The molecule has 2 aliphatic heterocycles. The van der Waals surface area contributed by atoms with Crippen molar-refractivity contribution in [1.29, 1.82) is 0 Å². The summed E-state index contributed by atoms with van der Waals surface area (Å²) in [5.41, 5.74) is -0.409. The number of amides is 4. The molecule has 0 bridgehead atoms. The largest absolute Gasteiger partial charge is 0.459 e. The predicted molar refractivity (Wildman–Crippen MR) is 280 cm³/mol. The Bertz CT molecular complexity index is 2110. The third-order valence-electron chi connectivity index (χ3n) is 17.7. The fourth-order valence-electron chi connectivity index (χ4n) is 14.0. The van der Waals surface area contributed by atoms with Crippen LogP contribution in [0.5, 0.6) is 0 Å². The van der Waals surface area contributed by atoms with Crippen LogP contribution in [0.2, 0.25) is 0 Å². The highest BCUT2D eigenvalue weighted by Crippen LogP contribution is 2.69. The average molecular weight is 1140 g/mol. The van der Waals surface area contributed by atoms with Gasteiger partial charge in [-0.25, -0.2) is 13.2 Å². The molecule has 6 aliphatic rings. The molecule has 7 N–H and O–H groups in total. The molecule has 4 aliphatic carbocycles. The zero-order valence-electron chi connectivity index (χ0n) is 45.0. The van der Waals surface area contributed by atoms with Gasteiger partial charge in [0.2, 0.25) is 11.8 Å². The molecule has 438 valence electrons. The first-order valence-electron chi connectivity index (χ1n) is 27.8. The molecule has 0 aromatic rings. The first kappa shape index (κ1) is 62.8. The topological polar surface area (TPSA) is 310 Å². The van der Waals surface area contributed by atoms with E-state index in [2.05, 4.69) is 46.2 Å². The van der Waals surface area contributed by atoms with Gasteiger partial charge in [-0.15, -0.1) is 0 Å². The van der Waals surface area contributed by atoms with Gasteiger partial charge in [0.15, 0.2) is 0 Å². The van der Waals surface area contributed by atoms with Crippen molar-refractivity contribution in [2.45, 2.75) is 166 Å². The number of thioether (sulfide) groups is 1. The summed E-state index contributed by atoms with van der Waals surface area (Å²) in [6, 6.07) is 0.311. The molecule has 22 nitrogen and oxygen atoms in total. The molecule has 2 saturated heterocycles. The first-order chi connectivity index (χ1) is 36.1. The number of esters is 1. The van der Waals surface area contributed by atoms with Crippen molar-refractivity contribution in [2.75, 3.05) is 78.3 Å². The SMILES string of the molecule is C[C@@H](CCC[C@@H](C)[C@H]1CC[C@H]2[C@@H]3[C@H](O)C[C@H]4[C@@H](OC(=O)CCNC(=O)CCOCCOCCOCCOCCNC(=O)CCCC[C@@H]5SC[C@@H]6NC(=O)N[C@@H]65)[C@H](OS(=O)(=O)O)CC[C@]4(C)[C@H]3CC[C@]12C)COS(=O)(=O)O. The van der Waals surface area contributed by atoms with Crippen molar-refractivity contribution in [3.63, 3.8) is 0 Å². The monoisotopic (exact) mass is 1140 g/mol. The maximum Gasteiger partial charge on any atom is 0.397 e. The number of hydrogen-bond donors (Lipinski definition) is 7. The van der Waals surface area contributed by atoms with Gasteiger partial charge in [0.05, 0.1) is 84.1 Å². The van der Waals surface area contributed by atoms with Gasteiger partial charge in [0, 0.05) is 42.9 Å². The fourth-order valence-corrected chi connectivity index (χ4v) is 16.5. The van der Waals surface area contributed by atoms with E-state index in [1.165, 1.54) is 0 Å². The molecule has 0 radical (unpaired) electrons. The van der Waals surface area contributed by atoms with Gasteiger partial charge in [-0.2, -0.15) is 28.6 Å². The number of fused-ring (bicyclic) bond motifs is 6. The Labute approximate surface area is 454 Å². The van der Waals surface area contributed by atoms with Crippen molar-refractivity contribution in [2.24, 2.45) is 52.3 Å². The van der Waals surface area contributed by atoms with Crippen molar-refractivity contribution in [3.05, 3.63) is 0 Å². The van der Waals surface area contributed by atoms with Crippen LogP contribution in [0.1, 0.15) is 130 Å². The molecule has 0 spiro atoms. The van der Waals surface area contributed by atoms with E-state index >= 15 is 0 Å². The number of carbonyl (C=O) groups excluding carboxylic acids is 4. The van der Waals surface area contributed by atoms with Gasteiger partial charge >= 0.3 is 32.8 Å². The smallest absolute Gasteiger partial charge is 0.397 e. The Hall–Kier alpha value is -2.43. The molecule has 0 aromatic carbocycles. The van der Waals surface area contributed by atoms with Crippen molar-refractivity contribution < 1.29 is 82.3 Å². The number of rotatable bonds is 34. The molecule has 0 aromatic heterocycles. The average Bonchev–Trinajstić information content (AvgIpc) is 4.06. The number of aliphatic hydroxyl groups excluding tert-OH is 1. The number of carbonyl (C=O) groups is 4. The zero-order valence-corrected chi connectivity index (χ0v) is 47.4. The van der Waals surface area contributed by atoms with Gasteiger partial charge in [-0.1, -0.05) is 47.0 Å². The maximum atomic E-state index is 13.4. The highest BCUT2D eigenvalue weighted by Gasteiger charge is 2.65. The van der Waals surface area contributed by atoms with Crippen molar-refractivity contribution >= 4 is 56.4 Å². The van der Waals surface area contributed by atoms with Crippen LogP contribution in [0.25, 0.3) is 0 Å². The van der Waals surface area contributed by atoms with E-state index in [1.807, 2.05) is 18.7 Å². The zero-order chi connectivity index (χ0) is 55.1. The number of unbranched alkanes of at least 4 members (excludes halogenated alkanes) is 1. The lowest BCUT2D eigenvalue weighted by Crippen LogP contribution is -2.63. The molecule has 2 heterocycles. The van der Waals surface area contributed by atoms with Crippen LogP contribution in [0.3, 0.4) is 0 Å². The Morgan fingerprint density at radius 1 is 0.737 bits per heavy atom. The molecule has 4 amide bonds. The molecule has 6 fully saturated rings. The second-order valence-electron chi connectivity index (χ2n) is 22.7. The minimum atomic E-state index is -4.90. The highest BCUT2D eigenvalue weighted by atomic mass is 32.3. The summed E-state index contributed by atoms with van der Waals surface area (Å²) in [6.45, 7) is 11.6. The van der Waals surface area contributed by atoms with Crippen LogP contribution in [-0.4, -0.2) is 169 Å². The van der Waals surface area contributed by atoms with Gasteiger partial charge < -0.3 is 50.1 Å². The summed E-state index contributed by atoms with van der Waals surface area (Å²) in [7, 11) is -9.37. The molecule has 0 unspecified atom stereocenters. The van der Waals surface area contributed by atoms with Gasteiger partial charge in [-0.05, 0) is 111 Å². The molecular formula is C51H88N4O18S3. The maximum absolute atomic E-state index is 13.4. The van der Waals surface area contributed by atoms with E-state index in [0.717, 1.165) is 70.0 Å². The van der Waals surface area contributed by atoms with Crippen molar-refractivity contribution in [1.82, 2.24) is 21.3 Å². The number of aliphatic hydroxyl groups is 1. The van der Waals surface area contributed by atoms with E-state index in [9.17, 15) is 45.7 Å². The van der Waals surface area contributed by atoms with Crippen molar-refractivity contribution in [3.8, 4) is 0 Å². The molecule has 76 heavy (non-hydrogen) atoms. The number of ether oxygens (including phenoxy) is 5. The summed E-state index contributed by atoms with van der Waals surface area (Å²) in [5.74, 6) is 0.674. The lowest BCUT2D eigenvalue weighted by atomic mass is 9.43. The van der Waals surface area contributed by atoms with Crippen LogP contribution in [0, 0.1) is 52.3 Å². The number of hydrogen-bond acceptors (Lipinski definition) is 17. The van der Waals surface area contributed by atoms with Crippen LogP contribution in [-0.2, 0) is 67.2 Å². The Morgan fingerprint density at radius 2 is 1.38 bits per heavy atom. The Balaban J connectivity index is 0.806. The molecule has 6 rings (SSSR count). The minimum absolute atomic E-state index is 0.00159. The third-order valence-corrected chi connectivity index (χ3v) is 20.2. The lowest BCUT2D eigenvalue weighted by molar-refractivity contribution is -0.215. The lowest BCUT2D eigenvalue weighted by Gasteiger charge is -2.63. The van der Waals surface area contributed by atoms with Crippen LogP contribution in [0.15, 0.2) is 0 Å². The highest BCUT2D eigenvalue weighted by molar-refractivity contribution is 8.00. The van der Waals surface area contributed by atoms with Crippen LogP contribution in [0.4, 0.5) is 4.79 Å². The van der Waals surface area contributed by atoms with E-state index in [-0.39, 0.29) is 111 Å². The van der Waals surface area contributed by atoms with Crippen LogP contribution >= 0.6 is 11.8 Å². The second-order valence-corrected chi connectivity index (χ2v) is 26.1.